The van der Waals surface area contributed by atoms with Crippen LogP contribution in [0.1, 0.15) is 22.3 Å². The number of nitrogens with zero attached hydrogens (tertiary/aromatic N) is 1. The molecule has 27 heavy (non-hydrogen) atoms. The van der Waals surface area contributed by atoms with Gasteiger partial charge in [-0.1, -0.05) is 23.7 Å². The van der Waals surface area contributed by atoms with Gasteiger partial charge >= 0.3 is 0 Å². The van der Waals surface area contributed by atoms with Gasteiger partial charge in [-0.05, 0) is 42.3 Å². The number of halogens is 2. The lowest BCUT2D eigenvalue weighted by Crippen LogP contribution is -2.40. The van der Waals surface area contributed by atoms with E-state index in [0.29, 0.717) is 23.3 Å². The minimum absolute atomic E-state index is 0.0357. The molecule has 0 N–H and O–H groups in total. The smallest absolute Gasteiger partial charge is 0.254 e. The molecule has 1 fully saturated rings. The van der Waals surface area contributed by atoms with Crippen LogP contribution < -0.4 is 4.74 Å². The number of benzene rings is 2. The van der Waals surface area contributed by atoms with Crippen molar-refractivity contribution in [3.05, 3.63) is 64.4 Å². The maximum absolute atomic E-state index is 13.5. The summed E-state index contributed by atoms with van der Waals surface area (Å²) in [5.41, 5.74) is 0.911. The first-order valence-corrected chi connectivity index (χ1v) is 10.6. The molecule has 3 rings (SSSR count). The topological polar surface area (TPSA) is 63.7 Å². The predicted octanol–water partition coefficient (Wildman–Crippen LogP) is 3.32. The number of hydrogen-bond acceptors (Lipinski definition) is 4. The van der Waals surface area contributed by atoms with E-state index < -0.39 is 21.7 Å². The van der Waals surface area contributed by atoms with Gasteiger partial charge in [-0.3, -0.25) is 4.79 Å². The molecule has 1 saturated heterocycles. The van der Waals surface area contributed by atoms with Gasteiger partial charge in [-0.15, -0.1) is 0 Å². The van der Waals surface area contributed by atoms with Crippen LogP contribution in [0.3, 0.4) is 0 Å². The van der Waals surface area contributed by atoms with Crippen molar-refractivity contribution < 1.29 is 22.3 Å². The molecule has 2 aromatic rings. The average molecular weight is 412 g/mol. The quantitative estimate of drug-likeness (QED) is 0.757. The molecule has 1 aliphatic heterocycles. The second kappa shape index (κ2) is 7.86. The fourth-order valence-corrected chi connectivity index (χ4v) is 5.17. The van der Waals surface area contributed by atoms with Gasteiger partial charge in [-0.25, -0.2) is 12.8 Å². The van der Waals surface area contributed by atoms with Crippen molar-refractivity contribution in [3.63, 3.8) is 0 Å². The van der Waals surface area contributed by atoms with E-state index in [-0.39, 0.29) is 29.0 Å². The number of carbonyl (C=O) groups is 1. The summed E-state index contributed by atoms with van der Waals surface area (Å²) in [7, 11) is -1.71. The van der Waals surface area contributed by atoms with Crippen molar-refractivity contribution in [2.75, 3.05) is 18.6 Å². The second-order valence-corrected chi connectivity index (χ2v) is 9.11. The fraction of sp³-hybridized carbons (Fsp3) is 0.316. The van der Waals surface area contributed by atoms with Gasteiger partial charge in [-0.2, -0.15) is 0 Å². The lowest BCUT2D eigenvalue weighted by Gasteiger charge is -2.28. The Labute approximate surface area is 162 Å². The molecule has 1 atom stereocenters. The molecule has 1 heterocycles. The van der Waals surface area contributed by atoms with E-state index in [1.807, 2.05) is 0 Å². The summed E-state index contributed by atoms with van der Waals surface area (Å²) in [6.45, 7) is 0.112. The summed E-state index contributed by atoms with van der Waals surface area (Å²) in [6.07, 6.45) is 0.354. The van der Waals surface area contributed by atoms with Crippen molar-refractivity contribution >= 4 is 27.3 Å². The summed E-state index contributed by atoms with van der Waals surface area (Å²) in [5.74, 6) is -0.392. The lowest BCUT2D eigenvalue weighted by atomic mass is 10.1. The van der Waals surface area contributed by atoms with Crippen LogP contribution in [-0.2, 0) is 16.4 Å². The second-order valence-electron chi connectivity index (χ2n) is 6.47. The normalized spacial score (nSPS) is 18.3. The van der Waals surface area contributed by atoms with Gasteiger partial charge in [0.15, 0.2) is 9.84 Å². The highest BCUT2D eigenvalue weighted by Gasteiger charge is 2.35. The predicted molar refractivity (Wildman–Crippen MR) is 101 cm³/mol. The molecule has 8 heteroatoms. The molecule has 0 unspecified atom stereocenters. The van der Waals surface area contributed by atoms with Crippen LogP contribution in [0.2, 0.25) is 5.02 Å². The zero-order chi connectivity index (χ0) is 19.6. The maximum atomic E-state index is 13.5. The summed E-state index contributed by atoms with van der Waals surface area (Å²) in [5, 5.41) is 0.285. The molecule has 0 spiro atoms. The Morgan fingerprint density at radius 3 is 2.67 bits per heavy atom. The Balaban J connectivity index is 1.93. The highest BCUT2D eigenvalue weighted by Crippen LogP contribution is 2.28. The third-order valence-electron chi connectivity index (χ3n) is 4.55. The molecule has 5 nitrogen and oxygen atoms in total. The molecule has 144 valence electrons. The molecular weight excluding hydrogens is 393 g/mol. The summed E-state index contributed by atoms with van der Waals surface area (Å²) < 4.78 is 42.5. The lowest BCUT2D eigenvalue weighted by molar-refractivity contribution is 0.0680. The van der Waals surface area contributed by atoms with Crippen molar-refractivity contribution in [2.24, 2.45) is 0 Å². The molecule has 0 aliphatic carbocycles. The number of carbonyl (C=O) groups excluding carboxylic acids is 1. The first-order chi connectivity index (χ1) is 12.8. The number of amides is 1. The minimum atomic E-state index is -3.19. The van der Waals surface area contributed by atoms with Crippen molar-refractivity contribution in [2.45, 2.75) is 19.0 Å². The number of methoxy groups -OCH3 is 1. The fourth-order valence-electron chi connectivity index (χ4n) is 3.19. The monoisotopic (exact) mass is 411 g/mol. The van der Waals surface area contributed by atoms with Gasteiger partial charge in [0.05, 0.1) is 23.6 Å². The molecule has 0 aromatic heterocycles. The highest BCUT2D eigenvalue weighted by molar-refractivity contribution is 7.91. The van der Waals surface area contributed by atoms with Gasteiger partial charge in [0.1, 0.15) is 11.6 Å². The number of rotatable bonds is 5. The Bertz CT molecular complexity index is 964. The van der Waals surface area contributed by atoms with E-state index in [0.717, 1.165) is 0 Å². The maximum Gasteiger partial charge on any atom is 0.254 e. The molecule has 0 bridgehead atoms. The van der Waals surface area contributed by atoms with E-state index in [1.165, 1.54) is 30.2 Å². The molecule has 2 aromatic carbocycles. The largest absolute Gasteiger partial charge is 0.495 e. The van der Waals surface area contributed by atoms with Gasteiger partial charge in [0, 0.05) is 18.2 Å². The van der Waals surface area contributed by atoms with Gasteiger partial charge < -0.3 is 9.64 Å². The number of ether oxygens (including phenoxy) is 1. The van der Waals surface area contributed by atoms with Crippen LogP contribution in [0.5, 0.6) is 5.75 Å². The molecule has 0 saturated carbocycles. The van der Waals surface area contributed by atoms with Crippen LogP contribution in [0.15, 0.2) is 42.5 Å². The van der Waals surface area contributed by atoms with E-state index >= 15 is 0 Å². The Morgan fingerprint density at radius 2 is 2.07 bits per heavy atom. The first kappa shape index (κ1) is 19.6. The van der Waals surface area contributed by atoms with Gasteiger partial charge in [0.25, 0.3) is 5.91 Å². The van der Waals surface area contributed by atoms with Gasteiger partial charge in [0.2, 0.25) is 0 Å². The van der Waals surface area contributed by atoms with E-state index in [1.54, 1.807) is 24.3 Å². The standard InChI is InChI=1S/C19H19ClFNO4S/c1-26-18-6-5-14(10-17(18)20)19(23)22(16-7-8-27(24,25)12-16)11-13-3-2-4-15(21)9-13/h2-6,9-10,16H,7-8,11-12H2,1H3/t16-/m1/s1. The Morgan fingerprint density at radius 1 is 1.30 bits per heavy atom. The molecule has 1 aliphatic rings. The third kappa shape index (κ3) is 4.59. The van der Waals surface area contributed by atoms with E-state index in [2.05, 4.69) is 0 Å². The van der Waals surface area contributed by atoms with Crippen LogP contribution in [0.4, 0.5) is 4.39 Å². The number of sulfone groups is 1. The SMILES string of the molecule is COc1ccc(C(=O)N(Cc2cccc(F)c2)[C@@H]2CCS(=O)(=O)C2)cc1Cl. The summed E-state index contributed by atoms with van der Waals surface area (Å²) in [6, 6.07) is 10.1. The minimum Gasteiger partial charge on any atom is -0.495 e. The zero-order valence-corrected chi connectivity index (χ0v) is 16.3. The Kier molecular flexibility index (Phi) is 5.72. The van der Waals surface area contributed by atoms with Crippen molar-refractivity contribution in [1.29, 1.82) is 0 Å². The molecule has 0 radical (unpaired) electrons. The van der Waals surface area contributed by atoms with Crippen LogP contribution >= 0.6 is 11.6 Å². The third-order valence-corrected chi connectivity index (χ3v) is 6.60. The Hall–Kier alpha value is -2.12. The van der Waals surface area contributed by atoms with Crippen LogP contribution in [0, 0.1) is 5.82 Å². The average Bonchev–Trinajstić information content (AvgIpc) is 2.98. The summed E-state index contributed by atoms with van der Waals surface area (Å²) in [4.78, 5) is 14.6. The van der Waals surface area contributed by atoms with Crippen molar-refractivity contribution in [3.8, 4) is 5.75 Å². The summed E-state index contributed by atoms with van der Waals surface area (Å²) >= 11 is 6.12. The van der Waals surface area contributed by atoms with Crippen molar-refractivity contribution in [1.82, 2.24) is 4.90 Å². The van der Waals surface area contributed by atoms with E-state index in [4.69, 9.17) is 16.3 Å². The van der Waals surface area contributed by atoms with Crippen LogP contribution in [-0.4, -0.2) is 43.9 Å². The van der Waals surface area contributed by atoms with E-state index in [9.17, 15) is 17.6 Å². The molecule has 1 amide bonds. The van der Waals surface area contributed by atoms with Crippen LogP contribution in [0.25, 0.3) is 0 Å². The zero-order valence-electron chi connectivity index (χ0n) is 14.7. The molecular formula is C19H19ClFNO4S. The number of hydrogen-bond donors (Lipinski definition) is 0. The first-order valence-electron chi connectivity index (χ1n) is 8.38. The highest BCUT2D eigenvalue weighted by atomic mass is 35.5.